The molecule has 0 N–H and O–H groups in total. The van der Waals surface area contributed by atoms with Crippen molar-refractivity contribution in [1.29, 1.82) is 0 Å². The molecule has 0 aliphatic carbocycles. The van der Waals surface area contributed by atoms with Crippen LogP contribution in [0.25, 0.3) is 0 Å². The Kier molecular flexibility index (Phi) is 40.6. The molecule has 7 nitrogen and oxygen atoms in total. The van der Waals surface area contributed by atoms with Gasteiger partial charge in [0.25, 0.3) is 0 Å². The van der Waals surface area contributed by atoms with Crippen molar-refractivity contribution in [2.24, 2.45) is 23.7 Å². The van der Waals surface area contributed by atoms with Gasteiger partial charge in [0.05, 0.1) is 25.7 Å². The molecule has 0 spiro atoms. The number of carbonyl (C=O) groups is 3. The topological polar surface area (TPSA) is 82.1 Å². The van der Waals surface area contributed by atoms with E-state index in [4.69, 9.17) is 14.2 Å². The summed E-state index contributed by atoms with van der Waals surface area (Å²) >= 11 is 0. The van der Waals surface area contributed by atoms with Crippen molar-refractivity contribution in [2.45, 2.75) is 253 Å². The number of piperidine rings is 1. The molecule has 1 fully saturated rings. The standard InChI is InChI=1S/C51H97NO6.CH4/c1-6-10-20-28-45(29-21-11-7-2)38-42-56-49(53)34-26-18-14-16-24-32-47(44-58-51(55)48-36-40-52(5)41-37-48)33-25-17-15-19-27-35-50(54)57-43-39-46(30-22-12-8-3)31-23-13-9-4;/h45-48H,6-44H2,1-5H3;1H4. The van der Waals surface area contributed by atoms with Crippen LogP contribution in [0.2, 0.25) is 0 Å². The van der Waals surface area contributed by atoms with Gasteiger partial charge in [-0.15, -0.1) is 0 Å². The maximum absolute atomic E-state index is 12.9. The number of hydrogen-bond donors (Lipinski definition) is 0. The molecule has 59 heavy (non-hydrogen) atoms. The van der Waals surface area contributed by atoms with Crippen LogP contribution in [0.5, 0.6) is 0 Å². The van der Waals surface area contributed by atoms with Crippen molar-refractivity contribution in [3.05, 3.63) is 0 Å². The fourth-order valence-electron chi connectivity index (χ4n) is 8.76. The maximum atomic E-state index is 12.9. The van der Waals surface area contributed by atoms with Gasteiger partial charge >= 0.3 is 17.9 Å². The Labute approximate surface area is 367 Å². The number of hydrogen-bond acceptors (Lipinski definition) is 7. The van der Waals surface area contributed by atoms with Crippen LogP contribution in [0.4, 0.5) is 0 Å². The smallest absolute Gasteiger partial charge is 0.309 e. The van der Waals surface area contributed by atoms with Gasteiger partial charge in [0.2, 0.25) is 0 Å². The molecule has 0 atom stereocenters. The van der Waals surface area contributed by atoms with Crippen LogP contribution in [0.15, 0.2) is 0 Å². The lowest BCUT2D eigenvalue weighted by Crippen LogP contribution is -2.34. The number of rotatable bonds is 41. The van der Waals surface area contributed by atoms with E-state index in [1.165, 1.54) is 103 Å². The van der Waals surface area contributed by atoms with Gasteiger partial charge in [0, 0.05) is 12.8 Å². The van der Waals surface area contributed by atoms with Gasteiger partial charge in [-0.25, -0.2) is 0 Å². The third kappa shape index (κ3) is 34.6. The Balaban J connectivity index is 0.0000336. The molecule has 0 bridgehead atoms. The van der Waals surface area contributed by atoms with Crippen molar-refractivity contribution in [1.82, 2.24) is 4.90 Å². The fourth-order valence-corrected chi connectivity index (χ4v) is 8.76. The molecule has 1 heterocycles. The zero-order valence-corrected chi connectivity index (χ0v) is 39.3. The molecule has 0 unspecified atom stereocenters. The lowest BCUT2D eigenvalue weighted by molar-refractivity contribution is -0.151. The minimum atomic E-state index is -0.0259. The van der Waals surface area contributed by atoms with Gasteiger partial charge in [0.15, 0.2) is 0 Å². The minimum Gasteiger partial charge on any atom is -0.466 e. The SMILES string of the molecule is C.CCCCCC(CCCCC)CCOC(=O)CCCCCCCC(CCCCCCCC(=O)OCCC(CCCCC)CCCCC)COC(=O)C1CCN(C)CC1. The largest absolute Gasteiger partial charge is 0.466 e. The van der Waals surface area contributed by atoms with E-state index in [1.807, 2.05) is 0 Å². The zero-order chi connectivity index (χ0) is 42.3. The second kappa shape index (κ2) is 41.7. The highest BCUT2D eigenvalue weighted by Crippen LogP contribution is 2.25. The van der Waals surface area contributed by atoms with E-state index in [1.54, 1.807) is 0 Å². The molecule has 0 radical (unpaired) electrons. The molecule has 7 heteroatoms. The Morgan fingerprint density at radius 3 is 1.19 bits per heavy atom. The summed E-state index contributed by atoms with van der Waals surface area (Å²) in [6.45, 7) is 12.7. The first-order chi connectivity index (χ1) is 28.3. The summed E-state index contributed by atoms with van der Waals surface area (Å²) in [6, 6.07) is 0. The van der Waals surface area contributed by atoms with Gasteiger partial charge in [-0.05, 0) is 89.3 Å². The van der Waals surface area contributed by atoms with Gasteiger partial charge in [-0.3, -0.25) is 14.4 Å². The van der Waals surface area contributed by atoms with Crippen molar-refractivity contribution in [2.75, 3.05) is 40.0 Å². The Hall–Kier alpha value is -1.63. The van der Waals surface area contributed by atoms with Gasteiger partial charge in [-0.2, -0.15) is 0 Å². The lowest BCUT2D eigenvalue weighted by Gasteiger charge is -2.28. The van der Waals surface area contributed by atoms with Crippen LogP contribution >= 0.6 is 0 Å². The van der Waals surface area contributed by atoms with Crippen molar-refractivity contribution < 1.29 is 28.6 Å². The van der Waals surface area contributed by atoms with Gasteiger partial charge in [0.1, 0.15) is 0 Å². The predicted octanol–water partition coefficient (Wildman–Crippen LogP) is 15.0. The van der Waals surface area contributed by atoms with E-state index >= 15 is 0 Å². The van der Waals surface area contributed by atoms with E-state index < -0.39 is 0 Å². The third-order valence-corrected chi connectivity index (χ3v) is 12.9. The summed E-state index contributed by atoms with van der Waals surface area (Å²) in [5, 5.41) is 0. The normalized spacial score (nSPS) is 13.6. The van der Waals surface area contributed by atoms with Crippen molar-refractivity contribution in [3.8, 4) is 0 Å². The highest BCUT2D eigenvalue weighted by molar-refractivity contribution is 5.72. The maximum Gasteiger partial charge on any atom is 0.309 e. The predicted molar refractivity (Wildman–Crippen MR) is 251 cm³/mol. The summed E-state index contributed by atoms with van der Waals surface area (Å²) < 4.78 is 17.3. The molecule has 0 saturated carbocycles. The molecule has 1 saturated heterocycles. The second-order valence-corrected chi connectivity index (χ2v) is 18.4. The van der Waals surface area contributed by atoms with Crippen molar-refractivity contribution in [3.63, 3.8) is 0 Å². The number of unbranched alkanes of at least 4 members (excludes halogenated alkanes) is 16. The van der Waals surface area contributed by atoms with E-state index in [-0.39, 0.29) is 31.3 Å². The first-order valence-corrected chi connectivity index (χ1v) is 25.5. The van der Waals surface area contributed by atoms with Crippen LogP contribution < -0.4 is 0 Å². The molecular weight excluding hydrogens is 735 g/mol. The molecule has 1 rings (SSSR count). The van der Waals surface area contributed by atoms with Gasteiger partial charge in [-0.1, -0.05) is 189 Å². The van der Waals surface area contributed by atoms with Gasteiger partial charge < -0.3 is 19.1 Å². The Morgan fingerprint density at radius 2 is 0.797 bits per heavy atom. The first-order valence-electron chi connectivity index (χ1n) is 25.5. The van der Waals surface area contributed by atoms with E-state index in [2.05, 4.69) is 39.6 Å². The molecule has 1 aliphatic heterocycles. The number of likely N-dealkylation sites (tertiary alicyclic amines) is 1. The van der Waals surface area contributed by atoms with Crippen LogP contribution in [-0.2, 0) is 28.6 Å². The first kappa shape index (κ1) is 57.4. The summed E-state index contributed by atoms with van der Waals surface area (Å²) in [4.78, 5) is 40.1. The van der Waals surface area contributed by atoms with Crippen LogP contribution in [0.3, 0.4) is 0 Å². The number of ether oxygens (including phenoxy) is 3. The molecule has 0 amide bonds. The highest BCUT2D eigenvalue weighted by atomic mass is 16.5. The average Bonchev–Trinajstić information content (AvgIpc) is 3.21. The number of nitrogens with zero attached hydrogens (tertiary/aromatic N) is 1. The van der Waals surface area contributed by atoms with Crippen LogP contribution in [-0.4, -0.2) is 62.8 Å². The lowest BCUT2D eigenvalue weighted by atomic mass is 9.92. The molecule has 1 aliphatic rings. The third-order valence-electron chi connectivity index (χ3n) is 12.9. The summed E-state index contributed by atoms with van der Waals surface area (Å²) in [6.07, 6.45) is 38.4. The van der Waals surface area contributed by atoms with Crippen LogP contribution in [0.1, 0.15) is 253 Å². The summed E-state index contributed by atoms with van der Waals surface area (Å²) in [5.41, 5.74) is 0. The average molecular weight is 836 g/mol. The van der Waals surface area contributed by atoms with E-state index in [0.29, 0.717) is 50.4 Å². The Bertz CT molecular complexity index is 873. The molecular formula is C52H101NO6. The van der Waals surface area contributed by atoms with Crippen molar-refractivity contribution >= 4 is 17.9 Å². The quantitative estimate of drug-likeness (QED) is 0.0345. The molecule has 350 valence electrons. The number of carbonyl (C=O) groups excluding carboxylic acids is 3. The Morgan fingerprint density at radius 1 is 0.458 bits per heavy atom. The molecule has 0 aromatic carbocycles. The summed E-state index contributed by atoms with van der Waals surface area (Å²) in [7, 11) is 2.12. The number of esters is 3. The minimum absolute atomic E-state index is 0. The van der Waals surface area contributed by atoms with E-state index in [0.717, 1.165) is 116 Å². The zero-order valence-electron chi connectivity index (χ0n) is 39.3. The molecule has 0 aromatic heterocycles. The van der Waals surface area contributed by atoms with E-state index in [9.17, 15) is 14.4 Å². The summed E-state index contributed by atoms with van der Waals surface area (Å²) in [5.74, 6) is 1.80. The highest BCUT2D eigenvalue weighted by Gasteiger charge is 2.25. The monoisotopic (exact) mass is 836 g/mol. The fraction of sp³-hybridized carbons (Fsp3) is 0.942. The second-order valence-electron chi connectivity index (χ2n) is 18.4. The molecule has 0 aromatic rings. The van der Waals surface area contributed by atoms with Crippen LogP contribution in [0, 0.1) is 23.7 Å².